The average Bonchev–Trinajstić information content (AvgIpc) is 2.50. The monoisotopic (exact) mass is 331 g/mol. The molecule has 0 aliphatic heterocycles. The van der Waals surface area contributed by atoms with Crippen molar-refractivity contribution in [2.24, 2.45) is 0 Å². The van der Waals surface area contributed by atoms with Gasteiger partial charge in [0, 0.05) is 25.6 Å². The van der Waals surface area contributed by atoms with Gasteiger partial charge in [0.15, 0.2) is 0 Å². The molecule has 14 heavy (non-hydrogen) atoms. The summed E-state index contributed by atoms with van der Waals surface area (Å²) in [5.41, 5.74) is 2.21. The summed E-state index contributed by atoms with van der Waals surface area (Å²) in [6, 6.07) is 6.16. The molecule has 0 amide bonds. The second-order valence-electron chi connectivity index (χ2n) is 2.95. The van der Waals surface area contributed by atoms with Crippen molar-refractivity contribution >= 4 is 43.2 Å². The summed E-state index contributed by atoms with van der Waals surface area (Å²) < 4.78 is 2.13. The number of halogens is 2. The van der Waals surface area contributed by atoms with Crippen LogP contribution in [0.5, 0.6) is 0 Å². The molecule has 2 aromatic rings. The predicted octanol–water partition coefficient (Wildman–Crippen LogP) is 4.64. The lowest BCUT2D eigenvalue weighted by Crippen LogP contribution is -1.78. The van der Waals surface area contributed by atoms with Gasteiger partial charge in [-0.05, 0) is 25.1 Å². The van der Waals surface area contributed by atoms with Gasteiger partial charge in [-0.15, -0.1) is 11.3 Å². The Bertz CT molecular complexity index is 445. The number of hydrogen-bond donors (Lipinski definition) is 0. The van der Waals surface area contributed by atoms with Gasteiger partial charge in [-0.1, -0.05) is 31.9 Å². The van der Waals surface area contributed by atoms with Gasteiger partial charge in [-0.3, -0.25) is 0 Å². The van der Waals surface area contributed by atoms with E-state index in [4.69, 9.17) is 0 Å². The topological polar surface area (TPSA) is 12.9 Å². The molecule has 0 atom stereocenters. The highest BCUT2D eigenvalue weighted by atomic mass is 79.9. The highest BCUT2D eigenvalue weighted by Gasteiger charge is 2.04. The first-order chi connectivity index (χ1) is 6.65. The summed E-state index contributed by atoms with van der Waals surface area (Å²) in [6.07, 6.45) is 0. The van der Waals surface area contributed by atoms with Crippen LogP contribution in [-0.2, 0) is 0 Å². The molecule has 1 nitrogen and oxygen atoms in total. The highest BCUT2D eigenvalue weighted by Crippen LogP contribution is 2.29. The molecule has 0 N–H and O–H groups in total. The van der Waals surface area contributed by atoms with Crippen molar-refractivity contribution < 1.29 is 0 Å². The van der Waals surface area contributed by atoms with Crippen molar-refractivity contribution in [2.75, 3.05) is 0 Å². The van der Waals surface area contributed by atoms with Gasteiger partial charge < -0.3 is 0 Å². The third kappa shape index (κ3) is 2.24. The van der Waals surface area contributed by atoms with Gasteiger partial charge in [0.05, 0.1) is 0 Å². The Kier molecular flexibility index (Phi) is 3.04. The fourth-order valence-corrected chi connectivity index (χ4v) is 3.24. The number of nitrogens with zero attached hydrogens (tertiary/aromatic N) is 1. The Morgan fingerprint density at radius 2 is 1.79 bits per heavy atom. The number of hydrogen-bond acceptors (Lipinski definition) is 2. The second kappa shape index (κ2) is 4.13. The third-order valence-electron chi connectivity index (χ3n) is 1.73. The zero-order chi connectivity index (χ0) is 10.1. The molecule has 0 aliphatic rings. The summed E-state index contributed by atoms with van der Waals surface area (Å²) in [4.78, 5) is 4.44. The van der Waals surface area contributed by atoms with Gasteiger partial charge in [-0.25, -0.2) is 4.98 Å². The van der Waals surface area contributed by atoms with Crippen LogP contribution in [0.3, 0.4) is 0 Å². The maximum Gasteiger partial charge on any atom is 0.123 e. The van der Waals surface area contributed by atoms with Crippen LogP contribution in [-0.4, -0.2) is 4.98 Å². The Morgan fingerprint density at radius 1 is 1.14 bits per heavy atom. The minimum Gasteiger partial charge on any atom is -0.241 e. The first-order valence-corrected chi connectivity index (χ1v) is 6.50. The Hall–Kier alpha value is -0.190. The van der Waals surface area contributed by atoms with Crippen molar-refractivity contribution in [3.05, 3.63) is 38.2 Å². The number of aromatic nitrogens is 1. The molecule has 0 saturated heterocycles. The second-order valence-corrected chi connectivity index (χ2v) is 5.64. The van der Waals surface area contributed by atoms with Crippen LogP contribution >= 0.6 is 43.2 Å². The van der Waals surface area contributed by atoms with Crippen LogP contribution in [0.15, 0.2) is 32.5 Å². The highest BCUT2D eigenvalue weighted by molar-refractivity contribution is 9.11. The summed E-state index contributed by atoms with van der Waals surface area (Å²) in [5, 5.41) is 3.12. The van der Waals surface area contributed by atoms with E-state index in [1.165, 1.54) is 0 Å². The van der Waals surface area contributed by atoms with Crippen LogP contribution in [0, 0.1) is 6.92 Å². The summed E-state index contributed by atoms with van der Waals surface area (Å²) in [5.74, 6) is 0. The fourth-order valence-electron chi connectivity index (χ4n) is 1.16. The molecule has 1 aromatic heterocycles. The van der Waals surface area contributed by atoms with Gasteiger partial charge >= 0.3 is 0 Å². The van der Waals surface area contributed by atoms with E-state index in [0.29, 0.717) is 0 Å². The smallest absolute Gasteiger partial charge is 0.123 e. The average molecular weight is 333 g/mol. The van der Waals surface area contributed by atoms with Gasteiger partial charge in [0.1, 0.15) is 5.01 Å². The molecule has 0 fully saturated rings. The zero-order valence-electron chi connectivity index (χ0n) is 7.42. The lowest BCUT2D eigenvalue weighted by molar-refractivity contribution is 1.27. The molecule has 1 aromatic carbocycles. The first-order valence-electron chi connectivity index (χ1n) is 4.04. The van der Waals surface area contributed by atoms with Crippen molar-refractivity contribution in [3.8, 4) is 10.6 Å². The fraction of sp³-hybridized carbons (Fsp3) is 0.100. The van der Waals surface area contributed by atoms with Crippen LogP contribution in [0.25, 0.3) is 10.6 Å². The SMILES string of the molecule is Cc1csc(-c2cc(Br)cc(Br)c2)n1. The lowest BCUT2D eigenvalue weighted by Gasteiger charge is -1.98. The molecular weight excluding hydrogens is 326 g/mol. The standard InChI is InChI=1S/C10H7Br2NS/c1-6-5-14-10(13-6)7-2-8(11)4-9(12)3-7/h2-5H,1H3. The molecule has 0 radical (unpaired) electrons. The molecule has 1 heterocycles. The van der Waals surface area contributed by atoms with Gasteiger partial charge in [0.2, 0.25) is 0 Å². The van der Waals surface area contributed by atoms with E-state index in [-0.39, 0.29) is 0 Å². The lowest BCUT2D eigenvalue weighted by atomic mass is 10.2. The number of benzene rings is 1. The molecule has 2 rings (SSSR count). The molecule has 72 valence electrons. The summed E-state index contributed by atoms with van der Waals surface area (Å²) in [6.45, 7) is 2.01. The maximum atomic E-state index is 4.44. The van der Waals surface area contributed by atoms with Crippen LogP contribution in [0.4, 0.5) is 0 Å². The summed E-state index contributed by atoms with van der Waals surface area (Å²) >= 11 is 8.60. The largest absolute Gasteiger partial charge is 0.241 e. The molecule has 4 heteroatoms. The normalized spacial score (nSPS) is 10.5. The van der Waals surface area contributed by atoms with Crippen LogP contribution < -0.4 is 0 Å². The summed E-state index contributed by atoms with van der Waals surface area (Å²) in [7, 11) is 0. The minimum atomic E-state index is 1.06. The minimum absolute atomic E-state index is 1.06. The van der Waals surface area contributed by atoms with Gasteiger partial charge in [-0.2, -0.15) is 0 Å². The van der Waals surface area contributed by atoms with E-state index in [9.17, 15) is 0 Å². The number of aryl methyl sites for hydroxylation is 1. The van der Waals surface area contributed by atoms with Gasteiger partial charge in [0.25, 0.3) is 0 Å². The Balaban J connectivity index is 2.51. The van der Waals surface area contributed by atoms with Crippen molar-refractivity contribution in [1.82, 2.24) is 4.98 Å². The van der Waals surface area contributed by atoms with Crippen molar-refractivity contribution in [1.29, 1.82) is 0 Å². The van der Waals surface area contributed by atoms with E-state index in [0.717, 1.165) is 25.2 Å². The molecule has 0 spiro atoms. The van der Waals surface area contributed by atoms with Crippen LogP contribution in [0.1, 0.15) is 5.69 Å². The Morgan fingerprint density at radius 3 is 2.29 bits per heavy atom. The third-order valence-corrected chi connectivity index (χ3v) is 3.65. The first kappa shape index (κ1) is 10.3. The van der Waals surface area contributed by atoms with E-state index < -0.39 is 0 Å². The predicted molar refractivity (Wildman–Crippen MR) is 67.7 cm³/mol. The number of rotatable bonds is 1. The van der Waals surface area contributed by atoms with Crippen LogP contribution in [0.2, 0.25) is 0 Å². The van der Waals surface area contributed by atoms with Crippen molar-refractivity contribution in [2.45, 2.75) is 6.92 Å². The molecule has 0 aliphatic carbocycles. The van der Waals surface area contributed by atoms with E-state index in [1.54, 1.807) is 11.3 Å². The molecular formula is C10H7Br2NS. The Labute approximate surface area is 103 Å². The zero-order valence-corrected chi connectivity index (χ0v) is 11.4. The molecule has 0 bridgehead atoms. The number of thiazole rings is 1. The van der Waals surface area contributed by atoms with Crippen molar-refractivity contribution in [3.63, 3.8) is 0 Å². The van der Waals surface area contributed by atoms with E-state index in [2.05, 4.69) is 54.4 Å². The van der Waals surface area contributed by atoms with E-state index >= 15 is 0 Å². The quantitative estimate of drug-likeness (QED) is 0.741. The maximum absolute atomic E-state index is 4.44. The molecule has 0 unspecified atom stereocenters. The molecule has 0 saturated carbocycles. The van der Waals surface area contributed by atoms with E-state index in [1.807, 2.05) is 13.0 Å².